The van der Waals surface area contributed by atoms with Crippen molar-refractivity contribution in [1.82, 2.24) is 0 Å². The Hall–Kier alpha value is -1.78. The Balaban J connectivity index is 3.03. The Bertz CT molecular complexity index is 448. The smallest absolute Gasteiger partial charge is 0.387 e. The molecule has 2 N–H and O–H groups in total. The molecule has 0 amide bonds. The molecular weight excluding hydrogens is 251 g/mol. The Labute approximate surface area is 101 Å². The third-order valence-electron chi connectivity index (χ3n) is 2.18. The van der Waals surface area contributed by atoms with Crippen molar-refractivity contribution in [2.75, 3.05) is 0 Å². The summed E-state index contributed by atoms with van der Waals surface area (Å²) in [7, 11) is 0. The van der Waals surface area contributed by atoms with Crippen molar-refractivity contribution >= 4 is 0 Å². The van der Waals surface area contributed by atoms with Gasteiger partial charge in [-0.15, -0.1) is 0 Å². The highest BCUT2D eigenvalue weighted by Gasteiger charge is 2.23. The number of aliphatic hydroxyl groups excluding tert-OH is 2. The van der Waals surface area contributed by atoms with Crippen LogP contribution < -0.4 is 4.74 Å². The maximum absolute atomic E-state index is 12.9. The zero-order valence-electron chi connectivity index (χ0n) is 9.05. The normalized spacial score (nSPS) is 14.1. The maximum atomic E-state index is 12.9. The number of nitrogens with zero attached hydrogens (tertiary/aromatic N) is 1. The fraction of sp³-hybridized carbons (Fsp3) is 0.364. The molecule has 2 atom stereocenters. The molecule has 0 saturated carbocycles. The number of nitriles is 1. The SMILES string of the molecule is N#CCC(O)C(O)c1ccc(F)cc1OC(F)F. The minimum atomic E-state index is -3.19. The van der Waals surface area contributed by atoms with E-state index in [-0.39, 0.29) is 5.56 Å². The highest BCUT2D eigenvalue weighted by atomic mass is 19.3. The topological polar surface area (TPSA) is 73.5 Å². The van der Waals surface area contributed by atoms with Crippen molar-refractivity contribution in [2.24, 2.45) is 0 Å². The molecule has 0 aliphatic rings. The average Bonchev–Trinajstić information content (AvgIpc) is 2.28. The zero-order chi connectivity index (χ0) is 13.7. The third kappa shape index (κ3) is 3.61. The molecule has 0 fully saturated rings. The minimum absolute atomic E-state index is 0.209. The lowest BCUT2D eigenvalue weighted by atomic mass is 10.0. The van der Waals surface area contributed by atoms with Crippen LogP contribution in [0.4, 0.5) is 13.2 Å². The summed E-state index contributed by atoms with van der Waals surface area (Å²) in [4.78, 5) is 0. The molecule has 0 aromatic heterocycles. The van der Waals surface area contributed by atoms with Crippen LogP contribution in [0.25, 0.3) is 0 Å². The van der Waals surface area contributed by atoms with Crippen molar-refractivity contribution in [3.8, 4) is 11.8 Å². The second-order valence-electron chi connectivity index (χ2n) is 3.44. The van der Waals surface area contributed by atoms with Gasteiger partial charge in [-0.1, -0.05) is 0 Å². The standard InChI is InChI=1S/C11H10F3NO3/c12-6-1-2-7(9(5-6)18-11(13)14)10(17)8(16)3-4-15/h1-2,5,8,10-11,16-17H,3H2. The van der Waals surface area contributed by atoms with Crippen LogP contribution in [0.5, 0.6) is 5.75 Å². The Morgan fingerprint density at radius 3 is 2.56 bits per heavy atom. The van der Waals surface area contributed by atoms with Crippen LogP contribution in [-0.4, -0.2) is 22.9 Å². The van der Waals surface area contributed by atoms with Gasteiger partial charge in [0.2, 0.25) is 0 Å². The van der Waals surface area contributed by atoms with Crippen molar-refractivity contribution in [1.29, 1.82) is 5.26 Å². The lowest BCUT2D eigenvalue weighted by Crippen LogP contribution is -2.19. The molecule has 0 bridgehead atoms. The summed E-state index contributed by atoms with van der Waals surface area (Å²) in [5.41, 5.74) is -0.209. The van der Waals surface area contributed by atoms with E-state index < -0.39 is 36.8 Å². The monoisotopic (exact) mass is 261 g/mol. The number of alkyl halides is 2. The van der Waals surface area contributed by atoms with Crippen molar-refractivity contribution < 1.29 is 28.1 Å². The van der Waals surface area contributed by atoms with Crippen molar-refractivity contribution in [2.45, 2.75) is 25.2 Å². The first-order valence-electron chi connectivity index (χ1n) is 4.93. The Kier molecular flexibility index (Phi) is 4.95. The Morgan fingerprint density at radius 1 is 1.33 bits per heavy atom. The summed E-state index contributed by atoms with van der Waals surface area (Å²) in [6.45, 7) is -3.19. The number of benzene rings is 1. The summed E-state index contributed by atoms with van der Waals surface area (Å²) in [6.07, 6.45) is -3.48. The van der Waals surface area contributed by atoms with Crippen LogP contribution in [0, 0.1) is 17.1 Å². The quantitative estimate of drug-likeness (QED) is 0.846. The number of rotatable bonds is 5. The second kappa shape index (κ2) is 6.23. The number of halogens is 3. The van der Waals surface area contributed by atoms with Crippen molar-refractivity contribution in [3.05, 3.63) is 29.6 Å². The first-order valence-corrected chi connectivity index (χ1v) is 4.93. The molecule has 0 saturated heterocycles. The van der Waals surface area contributed by atoms with Gasteiger partial charge in [0.1, 0.15) is 17.7 Å². The number of hydrogen-bond acceptors (Lipinski definition) is 4. The molecule has 2 unspecified atom stereocenters. The number of hydrogen-bond donors (Lipinski definition) is 2. The summed E-state index contributed by atoms with van der Waals surface area (Å²) >= 11 is 0. The van der Waals surface area contributed by atoms with Crippen LogP contribution >= 0.6 is 0 Å². The van der Waals surface area contributed by atoms with Gasteiger partial charge in [-0.3, -0.25) is 0 Å². The average molecular weight is 261 g/mol. The second-order valence-corrected chi connectivity index (χ2v) is 3.44. The summed E-state index contributed by atoms with van der Waals surface area (Å²) < 4.78 is 41.1. The molecule has 18 heavy (non-hydrogen) atoms. The zero-order valence-corrected chi connectivity index (χ0v) is 9.05. The van der Waals surface area contributed by atoms with Crippen molar-refractivity contribution in [3.63, 3.8) is 0 Å². The molecule has 0 heterocycles. The molecule has 7 heteroatoms. The van der Waals surface area contributed by atoms with Crippen LogP contribution in [0.15, 0.2) is 18.2 Å². The van der Waals surface area contributed by atoms with E-state index in [0.29, 0.717) is 6.07 Å². The summed E-state index contributed by atoms with van der Waals surface area (Å²) in [5.74, 6) is -1.40. The summed E-state index contributed by atoms with van der Waals surface area (Å²) in [6, 6.07) is 4.23. The van der Waals surface area contributed by atoms with Gasteiger partial charge in [0, 0.05) is 11.6 Å². The molecular formula is C11H10F3NO3. The lowest BCUT2D eigenvalue weighted by molar-refractivity contribution is -0.0539. The lowest BCUT2D eigenvalue weighted by Gasteiger charge is -2.19. The number of aliphatic hydroxyl groups is 2. The first kappa shape index (κ1) is 14.3. The van der Waals surface area contributed by atoms with E-state index in [2.05, 4.69) is 4.74 Å². The highest BCUT2D eigenvalue weighted by molar-refractivity contribution is 5.36. The van der Waals surface area contributed by atoms with Gasteiger partial charge in [0.25, 0.3) is 0 Å². The molecule has 1 aromatic rings. The van der Waals surface area contributed by atoms with E-state index in [9.17, 15) is 23.4 Å². The molecule has 0 radical (unpaired) electrons. The van der Waals surface area contributed by atoms with E-state index in [1.54, 1.807) is 6.07 Å². The van der Waals surface area contributed by atoms with E-state index in [4.69, 9.17) is 5.26 Å². The van der Waals surface area contributed by atoms with Gasteiger partial charge in [0.15, 0.2) is 0 Å². The van der Waals surface area contributed by atoms with E-state index in [1.807, 2.05) is 0 Å². The predicted octanol–water partition coefficient (Wildman–Crippen LogP) is 1.74. The van der Waals surface area contributed by atoms with Gasteiger partial charge in [-0.25, -0.2) is 4.39 Å². The molecule has 0 aliphatic heterocycles. The Morgan fingerprint density at radius 2 is 2.00 bits per heavy atom. The van der Waals surface area contributed by atoms with Gasteiger partial charge in [0.05, 0.1) is 18.6 Å². The van der Waals surface area contributed by atoms with Gasteiger partial charge in [-0.2, -0.15) is 14.0 Å². The van der Waals surface area contributed by atoms with Gasteiger partial charge >= 0.3 is 6.61 Å². The first-order chi connectivity index (χ1) is 8.45. The molecule has 4 nitrogen and oxygen atoms in total. The predicted molar refractivity (Wildman–Crippen MR) is 54.2 cm³/mol. The van der Waals surface area contributed by atoms with Crippen LogP contribution in [0.2, 0.25) is 0 Å². The van der Waals surface area contributed by atoms with Crippen LogP contribution in [0.1, 0.15) is 18.1 Å². The van der Waals surface area contributed by atoms with Gasteiger partial charge < -0.3 is 14.9 Å². The minimum Gasteiger partial charge on any atom is -0.434 e. The molecule has 98 valence electrons. The van der Waals surface area contributed by atoms with Crippen LogP contribution in [-0.2, 0) is 0 Å². The fourth-order valence-corrected chi connectivity index (χ4v) is 1.36. The van der Waals surface area contributed by atoms with E-state index in [1.165, 1.54) is 0 Å². The third-order valence-corrected chi connectivity index (χ3v) is 2.18. The molecule has 1 rings (SSSR count). The fourth-order valence-electron chi connectivity index (χ4n) is 1.36. The molecule has 0 aliphatic carbocycles. The largest absolute Gasteiger partial charge is 0.434 e. The maximum Gasteiger partial charge on any atom is 0.387 e. The molecule has 0 spiro atoms. The highest BCUT2D eigenvalue weighted by Crippen LogP contribution is 2.30. The molecule has 1 aromatic carbocycles. The summed E-state index contributed by atoms with van der Waals surface area (Å²) in [5, 5.41) is 27.4. The van der Waals surface area contributed by atoms with Crippen LogP contribution in [0.3, 0.4) is 0 Å². The van der Waals surface area contributed by atoms with Gasteiger partial charge in [-0.05, 0) is 12.1 Å². The number of ether oxygens (including phenoxy) is 1. The van der Waals surface area contributed by atoms with E-state index in [0.717, 1.165) is 12.1 Å². The van der Waals surface area contributed by atoms with E-state index >= 15 is 0 Å².